The molecular formula is C12H9O. The molecule has 1 heteroatoms. The Morgan fingerprint density at radius 2 is 1.69 bits per heavy atom. The van der Waals surface area contributed by atoms with Crippen LogP contribution in [-0.4, -0.2) is 6.29 Å². The molecule has 0 aromatic heterocycles. The van der Waals surface area contributed by atoms with E-state index in [1.807, 2.05) is 43.5 Å². The van der Waals surface area contributed by atoms with Crippen molar-refractivity contribution in [1.29, 1.82) is 0 Å². The van der Waals surface area contributed by atoms with Gasteiger partial charge in [-0.15, -0.1) is 0 Å². The molecule has 0 saturated carbocycles. The smallest absolute Gasteiger partial charge is 0.234 e. The fraction of sp³-hybridized carbons (Fsp3) is 0.0833. The molecule has 0 fully saturated rings. The predicted molar refractivity (Wildman–Crippen MR) is 53.5 cm³/mol. The van der Waals surface area contributed by atoms with Crippen LogP contribution in [0.15, 0.2) is 36.4 Å². The van der Waals surface area contributed by atoms with E-state index < -0.39 is 0 Å². The molecular weight excluding hydrogens is 160 g/mol. The minimum Gasteiger partial charge on any atom is -0.285 e. The van der Waals surface area contributed by atoms with Gasteiger partial charge in [0, 0.05) is 5.56 Å². The third-order valence-corrected chi connectivity index (χ3v) is 2.25. The van der Waals surface area contributed by atoms with Crippen LogP contribution in [0.25, 0.3) is 10.8 Å². The van der Waals surface area contributed by atoms with Gasteiger partial charge in [-0.25, -0.2) is 0 Å². The highest BCUT2D eigenvalue weighted by atomic mass is 16.1. The molecule has 0 aliphatic rings. The van der Waals surface area contributed by atoms with Crippen molar-refractivity contribution in [3.63, 3.8) is 0 Å². The Morgan fingerprint density at radius 1 is 1.00 bits per heavy atom. The molecule has 2 rings (SSSR count). The zero-order chi connectivity index (χ0) is 9.26. The van der Waals surface area contributed by atoms with Gasteiger partial charge >= 0.3 is 0 Å². The third-order valence-electron chi connectivity index (χ3n) is 2.25. The molecule has 0 heterocycles. The van der Waals surface area contributed by atoms with E-state index in [9.17, 15) is 4.79 Å². The summed E-state index contributed by atoms with van der Waals surface area (Å²) in [6.45, 7) is 2.04. The minimum atomic E-state index is 0.640. The molecule has 0 spiro atoms. The maximum atomic E-state index is 10.6. The Bertz CT molecular complexity index is 458. The summed E-state index contributed by atoms with van der Waals surface area (Å²) in [5, 5.41) is 2.11. The highest BCUT2D eigenvalue weighted by molar-refractivity contribution is 5.99. The first-order chi connectivity index (χ1) is 6.33. The van der Waals surface area contributed by atoms with Crippen LogP contribution in [0.4, 0.5) is 0 Å². The monoisotopic (exact) mass is 169 g/mol. The van der Waals surface area contributed by atoms with Crippen molar-refractivity contribution >= 4 is 17.1 Å². The van der Waals surface area contributed by atoms with Crippen molar-refractivity contribution < 1.29 is 4.79 Å². The molecule has 2 aromatic carbocycles. The van der Waals surface area contributed by atoms with Crippen LogP contribution in [0.1, 0.15) is 11.1 Å². The fourth-order valence-electron chi connectivity index (χ4n) is 1.56. The summed E-state index contributed by atoms with van der Waals surface area (Å²) in [7, 11) is 0. The van der Waals surface area contributed by atoms with Crippen LogP contribution in [0.5, 0.6) is 0 Å². The van der Waals surface area contributed by atoms with E-state index in [0.717, 1.165) is 10.8 Å². The first-order valence-electron chi connectivity index (χ1n) is 4.19. The lowest BCUT2D eigenvalue weighted by Crippen LogP contribution is -1.84. The molecule has 2 aromatic rings. The molecule has 0 aliphatic heterocycles. The average Bonchev–Trinajstić information content (AvgIpc) is 2.18. The lowest BCUT2D eigenvalue weighted by molar-refractivity contribution is 0.563. The number of rotatable bonds is 1. The highest BCUT2D eigenvalue weighted by Gasteiger charge is 2.00. The fourth-order valence-corrected chi connectivity index (χ4v) is 1.56. The second kappa shape index (κ2) is 3.02. The number of aryl methyl sites for hydroxylation is 1. The summed E-state index contributed by atoms with van der Waals surface area (Å²) in [5.74, 6) is 0. The van der Waals surface area contributed by atoms with Crippen LogP contribution >= 0.6 is 0 Å². The molecule has 63 valence electrons. The molecule has 0 bridgehead atoms. The van der Waals surface area contributed by atoms with E-state index in [2.05, 4.69) is 0 Å². The van der Waals surface area contributed by atoms with E-state index in [4.69, 9.17) is 0 Å². The standard InChI is InChI=1S/C12H9O/c1-9-4-2-7-12-10(8-13)5-3-6-11(9)12/h2-7H,1H3. The van der Waals surface area contributed by atoms with Gasteiger partial charge in [0.25, 0.3) is 0 Å². The van der Waals surface area contributed by atoms with Crippen LogP contribution in [0.3, 0.4) is 0 Å². The molecule has 1 radical (unpaired) electrons. The zero-order valence-corrected chi connectivity index (χ0v) is 7.37. The Kier molecular flexibility index (Phi) is 1.85. The summed E-state index contributed by atoms with van der Waals surface area (Å²) in [6, 6.07) is 11.6. The van der Waals surface area contributed by atoms with Gasteiger partial charge < -0.3 is 0 Å². The average molecular weight is 169 g/mol. The topological polar surface area (TPSA) is 17.1 Å². The second-order valence-electron chi connectivity index (χ2n) is 3.08. The number of hydrogen-bond acceptors (Lipinski definition) is 1. The number of fused-ring (bicyclic) bond motifs is 1. The van der Waals surface area contributed by atoms with Gasteiger partial charge in [0.1, 0.15) is 0 Å². The number of benzene rings is 2. The van der Waals surface area contributed by atoms with Gasteiger partial charge in [0.05, 0.1) is 0 Å². The van der Waals surface area contributed by atoms with Gasteiger partial charge in [0.2, 0.25) is 6.29 Å². The molecule has 0 aliphatic carbocycles. The van der Waals surface area contributed by atoms with E-state index in [1.165, 1.54) is 5.56 Å². The first-order valence-corrected chi connectivity index (χ1v) is 4.19. The Labute approximate surface area is 77.0 Å². The van der Waals surface area contributed by atoms with Crippen molar-refractivity contribution in [1.82, 2.24) is 0 Å². The maximum absolute atomic E-state index is 10.6. The molecule has 13 heavy (non-hydrogen) atoms. The second-order valence-corrected chi connectivity index (χ2v) is 3.08. The van der Waals surface area contributed by atoms with Crippen LogP contribution in [-0.2, 0) is 4.79 Å². The van der Waals surface area contributed by atoms with Crippen molar-refractivity contribution in [3.05, 3.63) is 47.5 Å². The van der Waals surface area contributed by atoms with Crippen molar-refractivity contribution in [3.8, 4) is 0 Å². The van der Waals surface area contributed by atoms with Gasteiger partial charge in [-0.3, -0.25) is 4.79 Å². The SMILES string of the molecule is Cc1cccc2c([C]=O)cccc12. The molecule has 0 saturated heterocycles. The zero-order valence-electron chi connectivity index (χ0n) is 7.37. The van der Waals surface area contributed by atoms with Crippen LogP contribution in [0.2, 0.25) is 0 Å². The summed E-state index contributed by atoms with van der Waals surface area (Å²) < 4.78 is 0. The largest absolute Gasteiger partial charge is 0.285 e. The minimum absolute atomic E-state index is 0.640. The lowest BCUT2D eigenvalue weighted by atomic mass is 10.0. The number of hydrogen-bond donors (Lipinski definition) is 0. The molecule has 0 N–H and O–H groups in total. The Morgan fingerprint density at radius 3 is 2.46 bits per heavy atom. The molecule has 0 atom stereocenters. The van der Waals surface area contributed by atoms with Crippen LogP contribution in [0, 0.1) is 6.92 Å². The van der Waals surface area contributed by atoms with Gasteiger partial charge in [0.15, 0.2) is 0 Å². The molecule has 1 nitrogen and oxygen atoms in total. The van der Waals surface area contributed by atoms with Crippen LogP contribution < -0.4 is 0 Å². The summed E-state index contributed by atoms with van der Waals surface area (Å²) in [5.41, 5.74) is 1.83. The van der Waals surface area contributed by atoms with Gasteiger partial charge in [-0.05, 0) is 23.3 Å². The van der Waals surface area contributed by atoms with Gasteiger partial charge in [-0.2, -0.15) is 0 Å². The van der Waals surface area contributed by atoms with Gasteiger partial charge in [-0.1, -0.05) is 36.4 Å². The van der Waals surface area contributed by atoms with Crippen molar-refractivity contribution in [2.24, 2.45) is 0 Å². The third kappa shape index (κ3) is 1.22. The summed E-state index contributed by atoms with van der Waals surface area (Å²) in [6.07, 6.45) is 1.95. The summed E-state index contributed by atoms with van der Waals surface area (Å²) in [4.78, 5) is 10.6. The first kappa shape index (κ1) is 7.99. The molecule has 0 amide bonds. The molecule has 0 unspecified atom stereocenters. The van der Waals surface area contributed by atoms with Crippen molar-refractivity contribution in [2.75, 3.05) is 0 Å². The highest BCUT2D eigenvalue weighted by Crippen LogP contribution is 2.20. The summed E-state index contributed by atoms with van der Waals surface area (Å²) >= 11 is 0. The number of carbonyl (C=O) groups excluding carboxylic acids is 1. The maximum Gasteiger partial charge on any atom is 0.234 e. The van der Waals surface area contributed by atoms with E-state index >= 15 is 0 Å². The Balaban J connectivity index is 2.92. The van der Waals surface area contributed by atoms with E-state index in [1.54, 1.807) is 6.07 Å². The van der Waals surface area contributed by atoms with E-state index in [-0.39, 0.29) is 0 Å². The predicted octanol–water partition coefficient (Wildman–Crippen LogP) is 2.61. The lowest BCUT2D eigenvalue weighted by Gasteiger charge is -2.02. The van der Waals surface area contributed by atoms with Crippen molar-refractivity contribution in [2.45, 2.75) is 6.92 Å². The normalized spacial score (nSPS) is 10.2. The Hall–Kier alpha value is -1.63. The quantitative estimate of drug-likeness (QED) is 0.641. The van der Waals surface area contributed by atoms with E-state index in [0.29, 0.717) is 5.56 Å².